The highest BCUT2D eigenvalue weighted by molar-refractivity contribution is 7.21. The van der Waals surface area contributed by atoms with Crippen molar-refractivity contribution in [2.45, 2.75) is 6.92 Å². The quantitative estimate of drug-likeness (QED) is 0.654. The number of hydrogen-bond acceptors (Lipinski definition) is 5. The van der Waals surface area contributed by atoms with Crippen LogP contribution in [0.5, 0.6) is 0 Å². The Morgan fingerprint density at radius 2 is 2.19 bits per heavy atom. The summed E-state index contributed by atoms with van der Waals surface area (Å²) >= 11 is 1.56. The molecule has 3 rings (SSSR count). The first kappa shape index (κ1) is 9.35. The number of anilines is 1. The van der Waals surface area contributed by atoms with Crippen molar-refractivity contribution >= 4 is 27.2 Å². The number of fused-ring (bicyclic) bond motifs is 1. The lowest BCUT2D eigenvalue weighted by Gasteiger charge is -1.89. The second kappa shape index (κ2) is 3.31. The van der Waals surface area contributed by atoms with Gasteiger partial charge in [-0.05, 0) is 25.1 Å². The van der Waals surface area contributed by atoms with Crippen molar-refractivity contribution in [2.75, 3.05) is 5.73 Å². The van der Waals surface area contributed by atoms with Crippen LogP contribution in [0.4, 0.5) is 5.69 Å². The van der Waals surface area contributed by atoms with Gasteiger partial charge >= 0.3 is 0 Å². The predicted molar refractivity (Wildman–Crippen MR) is 64.3 cm³/mol. The zero-order valence-corrected chi connectivity index (χ0v) is 9.41. The highest BCUT2D eigenvalue weighted by Gasteiger charge is 2.10. The Balaban J connectivity index is 2.18. The van der Waals surface area contributed by atoms with Crippen LogP contribution in [-0.2, 0) is 0 Å². The monoisotopic (exact) mass is 231 g/mol. The van der Waals surface area contributed by atoms with E-state index in [0.29, 0.717) is 0 Å². The molecule has 16 heavy (non-hydrogen) atoms. The van der Waals surface area contributed by atoms with Crippen molar-refractivity contribution in [2.24, 2.45) is 0 Å². The molecule has 2 aromatic heterocycles. The average molecular weight is 231 g/mol. The predicted octanol–water partition coefficient (Wildman–Crippen LogP) is 2.84. The molecule has 0 radical (unpaired) electrons. The molecule has 5 heteroatoms. The number of nitrogens with two attached hydrogens (primary N) is 1. The molecule has 3 aromatic rings. The van der Waals surface area contributed by atoms with Crippen molar-refractivity contribution in [3.05, 3.63) is 30.0 Å². The first-order chi connectivity index (χ1) is 7.72. The number of aryl methyl sites for hydroxylation is 1. The van der Waals surface area contributed by atoms with E-state index in [1.165, 1.54) is 0 Å². The van der Waals surface area contributed by atoms with E-state index >= 15 is 0 Å². The number of nitrogens with zero attached hydrogens (tertiary/aromatic N) is 2. The lowest BCUT2D eigenvalue weighted by Crippen LogP contribution is -1.81. The summed E-state index contributed by atoms with van der Waals surface area (Å²) in [6.45, 7) is 1.86. The average Bonchev–Trinajstić information content (AvgIpc) is 2.83. The van der Waals surface area contributed by atoms with Gasteiger partial charge in [-0.2, -0.15) is 0 Å². The van der Waals surface area contributed by atoms with E-state index in [1.54, 1.807) is 11.3 Å². The van der Waals surface area contributed by atoms with E-state index in [4.69, 9.17) is 10.3 Å². The topological polar surface area (TPSA) is 64.9 Å². The Kier molecular flexibility index (Phi) is 1.94. The number of thiazole rings is 1. The van der Waals surface area contributed by atoms with E-state index in [1.807, 2.05) is 31.2 Å². The standard InChI is InChI=1S/C11H9N3OS/c1-6-4-9(14-15-6)11-13-8-3-2-7(12)5-10(8)16-11/h2-5H,12H2,1H3. The minimum absolute atomic E-state index is 0.749. The number of hydrogen-bond donors (Lipinski definition) is 1. The maximum absolute atomic E-state index is 5.72. The van der Waals surface area contributed by atoms with E-state index in [0.717, 1.165) is 32.4 Å². The molecule has 2 heterocycles. The van der Waals surface area contributed by atoms with Crippen LogP contribution in [0.25, 0.3) is 20.9 Å². The van der Waals surface area contributed by atoms with Crippen LogP contribution in [0.1, 0.15) is 5.76 Å². The Hall–Kier alpha value is -1.88. The van der Waals surface area contributed by atoms with Gasteiger partial charge in [-0.15, -0.1) is 11.3 Å². The van der Waals surface area contributed by atoms with Gasteiger partial charge in [0.05, 0.1) is 10.2 Å². The van der Waals surface area contributed by atoms with Crippen molar-refractivity contribution in [1.29, 1.82) is 0 Å². The molecule has 0 bridgehead atoms. The lowest BCUT2D eigenvalue weighted by atomic mass is 10.3. The first-order valence-electron chi connectivity index (χ1n) is 4.82. The molecule has 80 valence electrons. The molecule has 2 N–H and O–H groups in total. The van der Waals surface area contributed by atoms with Gasteiger partial charge in [-0.3, -0.25) is 0 Å². The van der Waals surface area contributed by atoms with Crippen molar-refractivity contribution in [3.63, 3.8) is 0 Å². The van der Waals surface area contributed by atoms with Gasteiger partial charge in [0, 0.05) is 11.8 Å². The normalized spacial score (nSPS) is 11.1. The van der Waals surface area contributed by atoms with E-state index in [9.17, 15) is 0 Å². The number of benzene rings is 1. The molecule has 0 saturated carbocycles. The first-order valence-corrected chi connectivity index (χ1v) is 5.64. The van der Waals surface area contributed by atoms with Crippen LogP contribution >= 0.6 is 11.3 Å². The second-order valence-electron chi connectivity index (χ2n) is 3.57. The molecule has 0 aliphatic heterocycles. The molecular weight excluding hydrogens is 222 g/mol. The van der Waals surface area contributed by atoms with Crippen molar-refractivity contribution in [1.82, 2.24) is 10.1 Å². The fourth-order valence-electron chi connectivity index (χ4n) is 1.52. The molecule has 0 aliphatic rings. The Bertz CT molecular complexity index is 656. The summed E-state index contributed by atoms with van der Waals surface area (Å²) in [5.74, 6) is 0.786. The smallest absolute Gasteiger partial charge is 0.146 e. The maximum Gasteiger partial charge on any atom is 0.146 e. The van der Waals surface area contributed by atoms with Crippen LogP contribution in [0.3, 0.4) is 0 Å². The molecule has 0 fully saturated rings. The zero-order valence-electron chi connectivity index (χ0n) is 8.60. The fourth-order valence-corrected chi connectivity index (χ4v) is 2.48. The summed E-state index contributed by atoms with van der Waals surface area (Å²) in [5, 5.41) is 4.80. The lowest BCUT2D eigenvalue weighted by molar-refractivity contribution is 0.399. The Morgan fingerprint density at radius 3 is 2.94 bits per heavy atom. The maximum atomic E-state index is 5.72. The van der Waals surface area contributed by atoms with Crippen LogP contribution in [-0.4, -0.2) is 10.1 Å². The van der Waals surface area contributed by atoms with Gasteiger partial charge in [0.25, 0.3) is 0 Å². The molecule has 4 nitrogen and oxygen atoms in total. The van der Waals surface area contributed by atoms with Crippen LogP contribution in [0.15, 0.2) is 28.8 Å². The van der Waals surface area contributed by atoms with E-state index in [2.05, 4.69) is 10.1 Å². The SMILES string of the molecule is Cc1cc(-c2nc3ccc(N)cc3s2)no1. The van der Waals surface area contributed by atoms with Crippen LogP contribution in [0, 0.1) is 6.92 Å². The minimum Gasteiger partial charge on any atom is -0.399 e. The van der Waals surface area contributed by atoms with Gasteiger partial charge in [0.2, 0.25) is 0 Å². The van der Waals surface area contributed by atoms with Crippen molar-refractivity contribution in [3.8, 4) is 10.7 Å². The summed E-state index contributed by atoms with van der Waals surface area (Å²) in [4.78, 5) is 4.48. The minimum atomic E-state index is 0.749. The summed E-state index contributed by atoms with van der Waals surface area (Å²) in [5.41, 5.74) is 8.18. The van der Waals surface area contributed by atoms with Crippen LogP contribution < -0.4 is 5.73 Å². The second-order valence-corrected chi connectivity index (χ2v) is 4.60. The summed E-state index contributed by atoms with van der Waals surface area (Å²) in [6, 6.07) is 7.56. The number of nitrogen functional groups attached to an aromatic ring is 1. The highest BCUT2D eigenvalue weighted by atomic mass is 32.1. The Labute approximate surface area is 95.7 Å². The van der Waals surface area contributed by atoms with Gasteiger partial charge < -0.3 is 10.3 Å². The summed E-state index contributed by atoms with van der Waals surface area (Å²) < 4.78 is 6.10. The summed E-state index contributed by atoms with van der Waals surface area (Å²) in [7, 11) is 0. The number of rotatable bonds is 1. The third kappa shape index (κ3) is 1.45. The zero-order chi connectivity index (χ0) is 11.1. The third-order valence-electron chi connectivity index (χ3n) is 2.26. The molecule has 0 atom stereocenters. The molecule has 0 saturated heterocycles. The fraction of sp³-hybridized carbons (Fsp3) is 0.0909. The largest absolute Gasteiger partial charge is 0.399 e. The molecule has 0 aliphatic carbocycles. The van der Waals surface area contributed by atoms with Crippen molar-refractivity contribution < 1.29 is 4.52 Å². The van der Waals surface area contributed by atoms with Gasteiger partial charge in [0.1, 0.15) is 16.5 Å². The van der Waals surface area contributed by atoms with Crippen LogP contribution in [0.2, 0.25) is 0 Å². The van der Waals surface area contributed by atoms with Gasteiger partial charge in [0.15, 0.2) is 0 Å². The van der Waals surface area contributed by atoms with Gasteiger partial charge in [-0.1, -0.05) is 5.16 Å². The molecule has 0 amide bonds. The van der Waals surface area contributed by atoms with E-state index < -0.39 is 0 Å². The number of aromatic nitrogens is 2. The summed E-state index contributed by atoms with van der Waals surface area (Å²) in [6.07, 6.45) is 0. The molecule has 0 spiro atoms. The van der Waals surface area contributed by atoms with Gasteiger partial charge in [-0.25, -0.2) is 4.98 Å². The molecular formula is C11H9N3OS. The highest BCUT2D eigenvalue weighted by Crippen LogP contribution is 2.30. The Morgan fingerprint density at radius 1 is 1.31 bits per heavy atom. The molecule has 0 unspecified atom stereocenters. The third-order valence-corrected chi connectivity index (χ3v) is 3.30. The molecule has 1 aromatic carbocycles. The van der Waals surface area contributed by atoms with E-state index in [-0.39, 0.29) is 0 Å².